The van der Waals surface area contributed by atoms with E-state index in [4.69, 9.17) is 0 Å². The molecule has 2 unspecified atom stereocenters. The molecule has 1 aliphatic carbocycles. The average molecular weight is 291 g/mol. The molecule has 1 saturated carbocycles. The number of guanidine groups is 1. The number of hydrogen-bond donors (Lipinski definition) is 1. The van der Waals surface area contributed by atoms with Crippen LogP contribution < -0.4 is 5.32 Å². The molecule has 2 atom stereocenters. The SMILES string of the molecule is O=C(CCN1C(=O)C2CCCCC2C1=O)NC1=NCN=N1. The number of imide groups is 1. The maximum atomic E-state index is 12.2. The Hall–Kier alpha value is -2.12. The Morgan fingerprint density at radius 2 is 1.86 bits per heavy atom. The van der Waals surface area contributed by atoms with Crippen LogP contribution in [-0.2, 0) is 14.4 Å². The van der Waals surface area contributed by atoms with Crippen LogP contribution in [0.1, 0.15) is 32.1 Å². The van der Waals surface area contributed by atoms with E-state index in [0.29, 0.717) is 0 Å². The van der Waals surface area contributed by atoms with Crippen LogP contribution in [0.25, 0.3) is 0 Å². The lowest BCUT2D eigenvalue weighted by Crippen LogP contribution is -2.36. The van der Waals surface area contributed by atoms with Crippen molar-refractivity contribution < 1.29 is 14.4 Å². The molecule has 2 heterocycles. The number of azo groups is 1. The van der Waals surface area contributed by atoms with E-state index in [0.717, 1.165) is 25.7 Å². The van der Waals surface area contributed by atoms with E-state index in [1.54, 1.807) is 0 Å². The molecule has 0 aromatic rings. The molecule has 8 nitrogen and oxygen atoms in total. The van der Waals surface area contributed by atoms with Crippen molar-refractivity contribution in [3.05, 3.63) is 0 Å². The van der Waals surface area contributed by atoms with Gasteiger partial charge in [0, 0.05) is 13.0 Å². The van der Waals surface area contributed by atoms with E-state index in [1.807, 2.05) is 0 Å². The third-order valence-corrected chi connectivity index (χ3v) is 4.20. The summed E-state index contributed by atoms with van der Waals surface area (Å²) in [6.07, 6.45) is 3.63. The zero-order valence-corrected chi connectivity index (χ0v) is 11.6. The number of carbonyl (C=O) groups excluding carboxylic acids is 3. The second kappa shape index (κ2) is 5.71. The predicted molar refractivity (Wildman–Crippen MR) is 72.1 cm³/mol. The van der Waals surface area contributed by atoms with Crippen molar-refractivity contribution in [3.63, 3.8) is 0 Å². The number of nitrogens with one attached hydrogen (secondary N) is 1. The van der Waals surface area contributed by atoms with Gasteiger partial charge in [-0.1, -0.05) is 12.8 Å². The maximum absolute atomic E-state index is 12.2. The molecule has 0 radical (unpaired) electrons. The van der Waals surface area contributed by atoms with Gasteiger partial charge in [0.2, 0.25) is 23.7 Å². The molecule has 1 saturated heterocycles. The summed E-state index contributed by atoms with van der Waals surface area (Å²) in [5.74, 6) is -0.687. The van der Waals surface area contributed by atoms with Crippen molar-refractivity contribution in [2.75, 3.05) is 13.2 Å². The average Bonchev–Trinajstić information content (AvgIpc) is 3.07. The summed E-state index contributed by atoms with van der Waals surface area (Å²) in [7, 11) is 0. The van der Waals surface area contributed by atoms with Crippen molar-refractivity contribution in [3.8, 4) is 0 Å². The summed E-state index contributed by atoms with van der Waals surface area (Å²) in [6, 6.07) is 0. The Kier molecular flexibility index (Phi) is 3.76. The van der Waals surface area contributed by atoms with Crippen LogP contribution in [0, 0.1) is 11.8 Å². The van der Waals surface area contributed by atoms with Crippen molar-refractivity contribution in [1.82, 2.24) is 10.2 Å². The minimum atomic E-state index is -0.315. The molecule has 112 valence electrons. The molecule has 0 aromatic heterocycles. The number of aliphatic imine (C=N–C) groups is 1. The fourth-order valence-corrected chi connectivity index (χ4v) is 3.15. The Morgan fingerprint density at radius 3 is 2.43 bits per heavy atom. The van der Waals surface area contributed by atoms with Gasteiger partial charge in [-0.2, -0.15) is 5.11 Å². The highest BCUT2D eigenvalue weighted by Crippen LogP contribution is 2.37. The third-order valence-electron chi connectivity index (χ3n) is 4.20. The first kappa shape index (κ1) is 13.8. The lowest BCUT2D eigenvalue weighted by Gasteiger charge is -2.19. The second-order valence-electron chi connectivity index (χ2n) is 5.49. The van der Waals surface area contributed by atoms with Crippen LogP contribution in [0.4, 0.5) is 0 Å². The number of likely N-dealkylation sites (tertiary alicyclic amines) is 1. The number of fused-ring (bicyclic) bond motifs is 1. The van der Waals surface area contributed by atoms with Gasteiger partial charge in [-0.25, -0.2) is 4.99 Å². The molecule has 8 heteroatoms. The van der Waals surface area contributed by atoms with Gasteiger partial charge in [0.15, 0.2) is 6.67 Å². The van der Waals surface area contributed by atoms with Crippen LogP contribution in [0.5, 0.6) is 0 Å². The largest absolute Gasteiger partial charge is 0.293 e. The minimum Gasteiger partial charge on any atom is -0.293 e. The molecule has 3 amide bonds. The summed E-state index contributed by atoms with van der Waals surface area (Å²) in [5, 5.41) is 9.75. The first-order chi connectivity index (χ1) is 10.2. The maximum Gasteiger partial charge on any atom is 0.246 e. The highest BCUT2D eigenvalue weighted by Gasteiger charge is 2.47. The first-order valence-corrected chi connectivity index (χ1v) is 7.24. The number of carbonyl (C=O) groups is 3. The Morgan fingerprint density at radius 1 is 1.19 bits per heavy atom. The van der Waals surface area contributed by atoms with E-state index in [9.17, 15) is 14.4 Å². The Bertz CT molecular complexity index is 518. The predicted octanol–water partition coefficient (Wildman–Crippen LogP) is 0.447. The number of hydrogen-bond acceptors (Lipinski definition) is 6. The van der Waals surface area contributed by atoms with E-state index >= 15 is 0 Å². The molecule has 3 rings (SSSR count). The van der Waals surface area contributed by atoms with Crippen LogP contribution >= 0.6 is 0 Å². The van der Waals surface area contributed by atoms with Crippen LogP contribution in [0.15, 0.2) is 15.2 Å². The van der Waals surface area contributed by atoms with Crippen LogP contribution in [0.3, 0.4) is 0 Å². The number of rotatable bonds is 3. The minimum absolute atomic E-state index is 0.0610. The summed E-state index contributed by atoms with van der Waals surface area (Å²) in [6.45, 7) is 0.350. The van der Waals surface area contributed by atoms with Crippen LogP contribution in [0.2, 0.25) is 0 Å². The normalized spacial score (nSPS) is 27.8. The van der Waals surface area contributed by atoms with Crippen molar-refractivity contribution in [2.45, 2.75) is 32.1 Å². The van der Waals surface area contributed by atoms with Gasteiger partial charge < -0.3 is 0 Å². The molecular formula is C13H17N5O3. The third kappa shape index (κ3) is 2.70. The van der Waals surface area contributed by atoms with E-state index in [2.05, 4.69) is 20.5 Å². The quantitative estimate of drug-likeness (QED) is 0.763. The van der Waals surface area contributed by atoms with Crippen molar-refractivity contribution >= 4 is 23.7 Å². The highest BCUT2D eigenvalue weighted by molar-refractivity contribution is 6.05. The standard InChI is InChI=1S/C13H17N5O3/c19-10(16-13-14-7-15-17-13)5-6-18-11(20)8-3-1-2-4-9(8)12(18)21/h8-9H,1-7H2,(H,14,16,19). The molecule has 2 aliphatic heterocycles. The van der Waals surface area contributed by atoms with Gasteiger partial charge in [0.25, 0.3) is 0 Å². The molecule has 0 bridgehead atoms. The highest BCUT2D eigenvalue weighted by atomic mass is 16.2. The van der Waals surface area contributed by atoms with Crippen LogP contribution in [-0.4, -0.2) is 41.8 Å². The van der Waals surface area contributed by atoms with E-state index < -0.39 is 0 Å². The molecule has 2 fully saturated rings. The summed E-state index contributed by atoms with van der Waals surface area (Å²) in [5.41, 5.74) is 0. The zero-order chi connectivity index (χ0) is 14.8. The molecule has 21 heavy (non-hydrogen) atoms. The first-order valence-electron chi connectivity index (χ1n) is 7.24. The zero-order valence-electron chi connectivity index (χ0n) is 11.6. The fraction of sp³-hybridized carbons (Fsp3) is 0.692. The lowest BCUT2D eigenvalue weighted by molar-refractivity contribution is -0.140. The summed E-state index contributed by atoms with van der Waals surface area (Å²) >= 11 is 0. The molecule has 3 aliphatic rings. The van der Waals surface area contributed by atoms with E-state index in [-0.39, 0.29) is 55.2 Å². The van der Waals surface area contributed by atoms with E-state index in [1.165, 1.54) is 4.90 Å². The topological polar surface area (TPSA) is 104 Å². The summed E-state index contributed by atoms with van der Waals surface area (Å²) in [4.78, 5) is 41.3. The van der Waals surface area contributed by atoms with Gasteiger partial charge >= 0.3 is 0 Å². The molecule has 0 aromatic carbocycles. The fourth-order valence-electron chi connectivity index (χ4n) is 3.15. The number of nitrogens with zero attached hydrogens (tertiary/aromatic N) is 4. The summed E-state index contributed by atoms with van der Waals surface area (Å²) < 4.78 is 0. The molecule has 1 N–H and O–H groups in total. The van der Waals surface area contributed by atoms with Crippen molar-refractivity contribution in [2.24, 2.45) is 27.1 Å². The van der Waals surface area contributed by atoms with Gasteiger partial charge in [0.1, 0.15) is 0 Å². The lowest BCUT2D eigenvalue weighted by atomic mass is 9.81. The second-order valence-corrected chi connectivity index (χ2v) is 5.49. The monoisotopic (exact) mass is 291 g/mol. The Labute approximate surface area is 121 Å². The molecule has 0 spiro atoms. The van der Waals surface area contributed by atoms with Gasteiger partial charge in [-0.15, -0.1) is 5.11 Å². The van der Waals surface area contributed by atoms with Crippen molar-refractivity contribution in [1.29, 1.82) is 0 Å². The van der Waals surface area contributed by atoms with Gasteiger partial charge in [-0.05, 0) is 12.8 Å². The Balaban J connectivity index is 1.55. The van der Waals surface area contributed by atoms with Gasteiger partial charge in [0.05, 0.1) is 11.8 Å². The smallest absolute Gasteiger partial charge is 0.246 e. The molecular weight excluding hydrogens is 274 g/mol. The van der Waals surface area contributed by atoms with Gasteiger partial charge in [-0.3, -0.25) is 24.6 Å². The number of amides is 3.